The van der Waals surface area contributed by atoms with Crippen LogP contribution < -0.4 is 10.6 Å². The molecule has 0 bridgehead atoms. The van der Waals surface area contributed by atoms with E-state index >= 15 is 0 Å². The Labute approximate surface area is 178 Å². The summed E-state index contributed by atoms with van der Waals surface area (Å²) in [6.07, 6.45) is 1.90. The summed E-state index contributed by atoms with van der Waals surface area (Å²) in [5.41, 5.74) is 2.99. The standard InChI is InChI=1S/C24H31N3O3/c1-17-11-14-27(15-12-17)23(29)20-8-9-21(18(2)16-20)26-24(30)25-13-10-22(28)19-6-4-3-5-7-19/h3-9,16-17,22,28H,10-15H2,1-2H3,(H2,25,26,30)/t22-/m0/s1. The maximum absolute atomic E-state index is 12.7. The molecule has 0 unspecified atom stereocenters. The molecule has 6 nitrogen and oxygen atoms in total. The summed E-state index contributed by atoms with van der Waals surface area (Å²) < 4.78 is 0. The Hall–Kier alpha value is -2.86. The Bertz CT molecular complexity index is 861. The fraction of sp³-hybridized carbons (Fsp3) is 0.417. The lowest BCUT2D eigenvalue weighted by Gasteiger charge is -2.30. The molecule has 0 aliphatic carbocycles. The summed E-state index contributed by atoms with van der Waals surface area (Å²) in [5, 5.41) is 15.7. The van der Waals surface area contributed by atoms with E-state index in [1.165, 1.54) is 0 Å². The molecule has 0 spiro atoms. The highest BCUT2D eigenvalue weighted by Gasteiger charge is 2.21. The van der Waals surface area contributed by atoms with Crippen molar-refractivity contribution in [2.45, 2.75) is 39.2 Å². The molecule has 30 heavy (non-hydrogen) atoms. The lowest BCUT2D eigenvalue weighted by Crippen LogP contribution is -2.38. The zero-order chi connectivity index (χ0) is 21.5. The second kappa shape index (κ2) is 10.3. The highest BCUT2D eigenvalue weighted by Crippen LogP contribution is 2.21. The van der Waals surface area contributed by atoms with Gasteiger partial charge in [0.1, 0.15) is 0 Å². The number of aryl methyl sites for hydroxylation is 1. The van der Waals surface area contributed by atoms with Gasteiger partial charge in [-0.1, -0.05) is 37.3 Å². The third-order valence-electron chi connectivity index (χ3n) is 5.68. The number of hydrogen-bond acceptors (Lipinski definition) is 3. The van der Waals surface area contributed by atoms with E-state index in [1.807, 2.05) is 48.2 Å². The number of hydrogen-bond donors (Lipinski definition) is 3. The molecule has 6 heteroatoms. The van der Waals surface area contributed by atoms with Crippen LogP contribution >= 0.6 is 0 Å². The lowest BCUT2D eigenvalue weighted by molar-refractivity contribution is 0.0697. The van der Waals surface area contributed by atoms with E-state index in [1.54, 1.807) is 12.1 Å². The topological polar surface area (TPSA) is 81.7 Å². The second-order valence-electron chi connectivity index (χ2n) is 8.10. The highest BCUT2D eigenvalue weighted by atomic mass is 16.3. The molecule has 1 aliphatic heterocycles. The number of benzene rings is 2. The summed E-state index contributed by atoms with van der Waals surface area (Å²) in [6, 6.07) is 14.4. The van der Waals surface area contributed by atoms with Gasteiger partial charge in [-0.05, 0) is 61.4 Å². The Balaban J connectivity index is 1.49. The smallest absolute Gasteiger partial charge is 0.319 e. The Morgan fingerprint density at radius 2 is 1.83 bits per heavy atom. The summed E-state index contributed by atoms with van der Waals surface area (Å²) >= 11 is 0. The average Bonchev–Trinajstić information content (AvgIpc) is 2.75. The first kappa shape index (κ1) is 21.8. The Morgan fingerprint density at radius 3 is 2.50 bits per heavy atom. The third-order valence-corrected chi connectivity index (χ3v) is 5.68. The predicted molar refractivity (Wildman–Crippen MR) is 119 cm³/mol. The number of urea groups is 1. The lowest BCUT2D eigenvalue weighted by atomic mass is 9.98. The Morgan fingerprint density at radius 1 is 1.13 bits per heavy atom. The van der Waals surface area contributed by atoms with Gasteiger partial charge in [0, 0.05) is 30.9 Å². The number of anilines is 1. The van der Waals surface area contributed by atoms with Gasteiger partial charge in [0.2, 0.25) is 0 Å². The molecule has 160 valence electrons. The molecule has 1 aliphatic rings. The van der Waals surface area contributed by atoms with Gasteiger partial charge < -0.3 is 20.6 Å². The maximum Gasteiger partial charge on any atom is 0.319 e. The third kappa shape index (κ3) is 5.83. The second-order valence-corrected chi connectivity index (χ2v) is 8.10. The van der Waals surface area contributed by atoms with Gasteiger partial charge in [-0.25, -0.2) is 4.79 Å². The molecule has 0 radical (unpaired) electrons. The van der Waals surface area contributed by atoms with Gasteiger partial charge in [-0.15, -0.1) is 0 Å². The van der Waals surface area contributed by atoms with E-state index in [4.69, 9.17) is 0 Å². The maximum atomic E-state index is 12.7. The van der Waals surface area contributed by atoms with Crippen molar-refractivity contribution in [1.82, 2.24) is 10.2 Å². The van der Waals surface area contributed by atoms with Gasteiger partial charge in [0.15, 0.2) is 0 Å². The van der Waals surface area contributed by atoms with E-state index in [-0.39, 0.29) is 11.9 Å². The van der Waals surface area contributed by atoms with E-state index in [0.29, 0.717) is 30.1 Å². The molecule has 1 heterocycles. The zero-order valence-corrected chi connectivity index (χ0v) is 17.7. The minimum Gasteiger partial charge on any atom is -0.388 e. The molecule has 3 amide bonds. The van der Waals surface area contributed by atoms with Crippen molar-refractivity contribution in [1.29, 1.82) is 0 Å². The number of aliphatic hydroxyl groups excluding tert-OH is 1. The fourth-order valence-corrected chi connectivity index (χ4v) is 3.66. The summed E-state index contributed by atoms with van der Waals surface area (Å²) in [7, 11) is 0. The van der Waals surface area contributed by atoms with Crippen molar-refractivity contribution in [3.05, 3.63) is 65.2 Å². The zero-order valence-electron chi connectivity index (χ0n) is 17.7. The van der Waals surface area contributed by atoms with Crippen molar-refractivity contribution in [2.75, 3.05) is 25.0 Å². The molecule has 0 aromatic heterocycles. The van der Waals surface area contributed by atoms with Crippen molar-refractivity contribution >= 4 is 17.6 Å². The summed E-state index contributed by atoms with van der Waals surface area (Å²) in [5.74, 6) is 0.727. The molecular weight excluding hydrogens is 378 g/mol. The van der Waals surface area contributed by atoms with Crippen LogP contribution in [0, 0.1) is 12.8 Å². The van der Waals surface area contributed by atoms with Crippen molar-refractivity contribution in [3.8, 4) is 0 Å². The number of likely N-dealkylation sites (tertiary alicyclic amines) is 1. The first-order chi connectivity index (χ1) is 14.4. The van der Waals surface area contributed by atoms with Crippen LogP contribution in [0.1, 0.15) is 53.8 Å². The first-order valence-corrected chi connectivity index (χ1v) is 10.6. The number of carbonyl (C=O) groups excluding carboxylic acids is 2. The van der Waals surface area contributed by atoms with E-state index in [2.05, 4.69) is 17.6 Å². The molecule has 0 saturated carbocycles. The van der Waals surface area contributed by atoms with Crippen LogP contribution in [0.3, 0.4) is 0 Å². The first-order valence-electron chi connectivity index (χ1n) is 10.6. The summed E-state index contributed by atoms with van der Waals surface area (Å²) in [6.45, 7) is 6.06. The predicted octanol–water partition coefficient (Wildman–Crippen LogP) is 4.11. The average molecular weight is 410 g/mol. The quantitative estimate of drug-likeness (QED) is 0.671. The van der Waals surface area contributed by atoms with Gasteiger partial charge in [0.05, 0.1) is 6.10 Å². The molecular formula is C24H31N3O3. The number of piperidine rings is 1. The van der Waals surface area contributed by atoms with Gasteiger partial charge in [0.25, 0.3) is 5.91 Å². The van der Waals surface area contributed by atoms with E-state index in [0.717, 1.165) is 37.1 Å². The van der Waals surface area contributed by atoms with Crippen LogP contribution in [-0.4, -0.2) is 41.6 Å². The number of rotatable bonds is 6. The minimum atomic E-state index is -0.615. The molecule has 2 aromatic rings. The summed E-state index contributed by atoms with van der Waals surface area (Å²) in [4.78, 5) is 26.8. The van der Waals surface area contributed by atoms with Crippen LogP contribution in [0.4, 0.5) is 10.5 Å². The van der Waals surface area contributed by atoms with E-state index in [9.17, 15) is 14.7 Å². The minimum absolute atomic E-state index is 0.0518. The molecule has 1 atom stereocenters. The van der Waals surface area contributed by atoms with Crippen molar-refractivity contribution < 1.29 is 14.7 Å². The van der Waals surface area contributed by atoms with Crippen molar-refractivity contribution in [3.63, 3.8) is 0 Å². The van der Waals surface area contributed by atoms with Gasteiger partial charge in [-0.2, -0.15) is 0 Å². The van der Waals surface area contributed by atoms with Crippen LogP contribution in [0.2, 0.25) is 0 Å². The van der Waals surface area contributed by atoms with Crippen molar-refractivity contribution in [2.24, 2.45) is 5.92 Å². The van der Waals surface area contributed by atoms with Crippen LogP contribution in [0.5, 0.6) is 0 Å². The molecule has 1 fully saturated rings. The van der Waals surface area contributed by atoms with Gasteiger partial charge in [-0.3, -0.25) is 4.79 Å². The Kier molecular flexibility index (Phi) is 7.46. The molecule has 3 rings (SSSR count). The fourth-order valence-electron chi connectivity index (χ4n) is 3.66. The number of amides is 3. The van der Waals surface area contributed by atoms with Crippen LogP contribution in [-0.2, 0) is 0 Å². The highest BCUT2D eigenvalue weighted by molar-refractivity contribution is 5.96. The van der Waals surface area contributed by atoms with Crippen LogP contribution in [0.25, 0.3) is 0 Å². The number of aliphatic hydroxyl groups is 1. The molecule has 3 N–H and O–H groups in total. The van der Waals surface area contributed by atoms with Crippen LogP contribution in [0.15, 0.2) is 48.5 Å². The SMILES string of the molecule is Cc1cc(C(=O)N2CCC(C)CC2)ccc1NC(=O)NCC[C@H](O)c1ccccc1. The number of nitrogens with zero attached hydrogens (tertiary/aromatic N) is 1. The van der Waals surface area contributed by atoms with E-state index < -0.39 is 6.10 Å². The normalized spacial score (nSPS) is 15.5. The van der Waals surface area contributed by atoms with Gasteiger partial charge >= 0.3 is 6.03 Å². The largest absolute Gasteiger partial charge is 0.388 e. The molecule has 1 saturated heterocycles. The number of carbonyl (C=O) groups is 2. The molecule has 2 aromatic carbocycles. The monoisotopic (exact) mass is 409 g/mol. The number of nitrogens with one attached hydrogen (secondary N) is 2.